The molecular formula is C50H34N2. The fraction of sp³-hybridized carbons (Fsp3) is 0. The summed E-state index contributed by atoms with van der Waals surface area (Å²) in [7, 11) is 0. The lowest BCUT2D eigenvalue weighted by atomic mass is 9.99. The van der Waals surface area contributed by atoms with Crippen LogP contribution in [0.15, 0.2) is 194 Å². The maximum Gasteiger partial charge on any atom is 0.0541 e. The molecule has 2 aromatic heterocycles. The molecule has 0 saturated carbocycles. The molecule has 2 heteroatoms. The van der Waals surface area contributed by atoms with Crippen LogP contribution in [0, 0.1) is 0 Å². The van der Waals surface area contributed by atoms with E-state index in [2.05, 4.69) is 215 Å². The van der Waals surface area contributed by atoms with Gasteiger partial charge in [0, 0.05) is 32.9 Å². The molecule has 0 bridgehead atoms. The van der Waals surface area contributed by atoms with Crippen molar-refractivity contribution in [1.82, 2.24) is 9.13 Å². The Balaban J connectivity index is 0.966. The maximum atomic E-state index is 2.38. The molecule has 0 unspecified atom stereocenters. The molecule has 0 aliphatic heterocycles. The van der Waals surface area contributed by atoms with Gasteiger partial charge in [0.1, 0.15) is 0 Å². The molecule has 0 saturated heterocycles. The number of hydrogen-bond acceptors (Lipinski definition) is 0. The number of fused-ring (bicyclic) bond motifs is 6. The highest BCUT2D eigenvalue weighted by molar-refractivity contribution is 6.11. The van der Waals surface area contributed by atoms with Crippen molar-refractivity contribution >= 4 is 55.8 Å². The van der Waals surface area contributed by atoms with E-state index in [-0.39, 0.29) is 0 Å². The van der Waals surface area contributed by atoms with Gasteiger partial charge < -0.3 is 9.13 Å². The zero-order valence-electron chi connectivity index (χ0n) is 28.5. The Morgan fingerprint density at radius 3 is 1.29 bits per heavy atom. The topological polar surface area (TPSA) is 9.86 Å². The first-order valence-electron chi connectivity index (χ1n) is 17.8. The van der Waals surface area contributed by atoms with Gasteiger partial charge in [0.05, 0.1) is 22.1 Å². The fourth-order valence-corrected chi connectivity index (χ4v) is 7.87. The quantitative estimate of drug-likeness (QED) is 0.157. The van der Waals surface area contributed by atoms with Gasteiger partial charge in [-0.3, -0.25) is 0 Å². The molecule has 0 atom stereocenters. The number of aromatic nitrogens is 2. The van der Waals surface area contributed by atoms with E-state index in [1.165, 1.54) is 82.7 Å². The number of nitrogens with zero attached hydrogens (tertiary/aromatic N) is 2. The molecule has 2 heterocycles. The lowest BCUT2D eigenvalue weighted by Crippen LogP contribution is -1.94. The molecule has 0 fully saturated rings. The van der Waals surface area contributed by atoms with Crippen molar-refractivity contribution < 1.29 is 0 Å². The molecular weight excluding hydrogens is 629 g/mol. The van der Waals surface area contributed by atoms with E-state index in [0.29, 0.717) is 0 Å². The van der Waals surface area contributed by atoms with Crippen molar-refractivity contribution in [3.05, 3.63) is 205 Å². The summed E-state index contributed by atoms with van der Waals surface area (Å²) in [5.41, 5.74) is 14.4. The normalized spacial score (nSPS) is 11.8. The molecule has 2 nitrogen and oxygen atoms in total. The van der Waals surface area contributed by atoms with Crippen LogP contribution in [0.2, 0.25) is 0 Å². The van der Waals surface area contributed by atoms with E-state index in [4.69, 9.17) is 0 Å². The van der Waals surface area contributed by atoms with Crippen LogP contribution in [0.1, 0.15) is 11.1 Å². The van der Waals surface area contributed by atoms with Crippen LogP contribution in [0.3, 0.4) is 0 Å². The van der Waals surface area contributed by atoms with Crippen molar-refractivity contribution in [2.24, 2.45) is 0 Å². The molecule has 244 valence electrons. The minimum atomic E-state index is 1.16. The van der Waals surface area contributed by atoms with Gasteiger partial charge in [-0.1, -0.05) is 140 Å². The van der Waals surface area contributed by atoms with Crippen LogP contribution >= 0.6 is 0 Å². The van der Waals surface area contributed by atoms with Crippen LogP contribution in [-0.4, -0.2) is 9.13 Å². The molecule has 10 aromatic rings. The monoisotopic (exact) mass is 662 g/mol. The average Bonchev–Trinajstić information content (AvgIpc) is 3.73. The maximum absolute atomic E-state index is 2.38. The van der Waals surface area contributed by atoms with E-state index in [1.54, 1.807) is 0 Å². The summed E-state index contributed by atoms with van der Waals surface area (Å²) < 4.78 is 4.74. The minimum absolute atomic E-state index is 1.16. The van der Waals surface area contributed by atoms with Crippen LogP contribution in [0.25, 0.3) is 89.4 Å². The Bertz CT molecular complexity index is 2900. The SMILES string of the molecule is C(=Cc1cccc(-c2ccc3c(c2)c2ccccc2n3-c2ccccc2)c1)c1cccc(-c2cccc(-n3c4ccccc4c4ccccc43)c2)c1. The third-order valence-corrected chi connectivity index (χ3v) is 10.3. The average molecular weight is 663 g/mol. The summed E-state index contributed by atoms with van der Waals surface area (Å²) in [6.45, 7) is 0. The van der Waals surface area contributed by atoms with Crippen molar-refractivity contribution in [3.8, 4) is 33.6 Å². The Morgan fingerprint density at radius 2 is 0.692 bits per heavy atom. The summed E-state index contributed by atoms with van der Waals surface area (Å²) in [6, 6.07) is 70.1. The van der Waals surface area contributed by atoms with E-state index >= 15 is 0 Å². The van der Waals surface area contributed by atoms with Gasteiger partial charge in [0.25, 0.3) is 0 Å². The smallest absolute Gasteiger partial charge is 0.0541 e. The Labute approximate surface area is 302 Å². The highest BCUT2D eigenvalue weighted by atomic mass is 15.0. The second kappa shape index (κ2) is 12.5. The van der Waals surface area contributed by atoms with Crippen molar-refractivity contribution in [2.75, 3.05) is 0 Å². The van der Waals surface area contributed by atoms with Gasteiger partial charge in [-0.05, 0) is 100 Å². The van der Waals surface area contributed by atoms with Crippen molar-refractivity contribution in [2.45, 2.75) is 0 Å². The van der Waals surface area contributed by atoms with E-state index in [1.807, 2.05) is 0 Å². The first-order chi connectivity index (χ1) is 25.8. The lowest BCUT2D eigenvalue weighted by molar-refractivity contribution is 1.18. The summed E-state index contributed by atoms with van der Waals surface area (Å²) in [4.78, 5) is 0. The molecule has 0 N–H and O–H groups in total. The Kier molecular flexibility index (Phi) is 7.18. The van der Waals surface area contributed by atoms with Gasteiger partial charge in [-0.2, -0.15) is 0 Å². The molecule has 10 rings (SSSR count). The number of para-hydroxylation sites is 4. The zero-order chi connectivity index (χ0) is 34.4. The lowest BCUT2D eigenvalue weighted by Gasteiger charge is -2.11. The second-order valence-electron chi connectivity index (χ2n) is 13.4. The standard InChI is InChI=1S/C50H34N2/c1-2-18-41(19-3-1)51-49-26-9-6-23-45(49)46-34-40(29-30-50(46)51)38-16-11-14-36(32-38)28-27-35-13-10-15-37(31-35)39-17-12-20-42(33-39)52-47-24-7-4-21-43(47)44-22-5-8-25-48(44)52/h1-34H. The fourth-order valence-electron chi connectivity index (χ4n) is 7.87. The van der Waals surface area contributed by atoms with Gasteiger partial charge in [0.2, 0.25) is 0 Å². The Hall–Kier alpha value is -6.90. The molecule has 0 radical (unpaired) electrons. The van der Waals surface area contributed by atoms with Gasteiger partial charge in [0.15, 0.2) is 0 Å². The summed E-state index contributed by atoms with van der Waals surface area (Å²) in [5, 5.41) is 5.07. The zero-order valence-corrected chi connectivity index (χ0v) is 28.5. The molecule has 8 aromatic carbocycles. The van der Waals surface area contributed by atoms with Gasteiger partial charge in [-0.15, -0.1) is 0 Å². The first-order valence-corrected chi connectivity index (χ1v) is 17.8. The van der Waals surface area contributed by atoms with Crippen LogP contribution in [0.4, 0.5) is 0 Å². The highest BCUT2D eigenvalue weighted by Crippen LogP contribution is 2.36. The van der Waals surface area contributed by atoms with E-state index in [0.717, 1.165) is 5.69 Å². The second-order valence-corrected chi connectivity index (χ2v) is 13.4. The van der Waals surface area contributed by atoms with Crippen molar-refractivity contribution in [1.29, 1.82) is 0 Å². The van der Waals surface area contributed by atoms with Crippen LogP contribution in [0.5, 0.6) is 0 Å². The third kappa shape index (κ3) is 5.12. The largest absolute Gasteiger partial charge is 0.309 e. The van der Waals surface area contributed by atoms with Crippen molar-refractivity contribution in [3.63, 3.8) is 0 Å². The third-order valence-electron chi connectivity index (χ3n) is 10.3. The first kappa shape index (κ1) is 30.0. The molecule has 52 heavy (non-hydrogen) atoms. The highest BCUT2D eigenvalue weighted by Gasteiger charge is 2.14. The van der Waals surface area contributed by atoms with Crippen LogP contribution in [-0.2, 0) is 0 Å². The molecule has 0 aliphatic rings. The number of benzene rings is 8. The predicted octanol–water partition coefficient (Wildman–Crippen LogP) is 13.4. The minimum Gasteiger partial charge on any atom is -0.309 e. The van der Waals surface area contributed by atoms with Gasteiger partial charge >= 0.3 is 0 Å². The van der Waals surface area contributed by atoms with Gasteiger partial charge in [-0.25, -0.2) is 0 Å². The summed E-state index contributed by atoms with van der Waals surface area (Å²) >= 11 is 0. The van der Waals surface area contributed by atoms with E-state index in [9.17, 15) is 0 Å². The summed E-state index contributed by atoms with van der Waals surface area (Å²) in [6.07, 6.45) is 4.44. The Morgan fingerprint density at radius 1 is 0.269 bits per heavy atom. The predicted molar refractivity (Wildman–Crippen MR) is 221 cm³/mol. The van der Waals surface area contributed by atoms with Crippen LogP contribution < -0.4 is 0 Å². The molecule has 0 spiro atoms. The number of hydrogen-bond donors (Lipinski definition) is 0. The molecule has 0 aliphatic carbocycles. The molecule has 0 amide bonds. The number of rotatable bonds is 6. The van der Waals surface area contributed by atoms with E-state index < -0.39 is 0 Å². The summed E-state index contributed by atoms with van der Waals surface area (Å²) in [5.74, 6) is 0.